The molecule has 33 heavy (non-hydrogen) atoms. The summed E-state index contributed by atoms with van der Waals surface area (Å²) >= 11 is 7.18. The first-order chi connectivity index (χ1) is 15.6. The minimum atomic E-state index is -0.131. The van der Waals surface area contributed by atoms with Crippen molar-refractivity contribution >= 4 is 72.7 Å². The van der Waals surface area contributed by atoms with Crippen LogP contribution in [0.2, 0.25) is 0 Å². The number of para-hydroxylation sites is 1. The first-order valence-corrected chi connectivity index (χ1v) is 13.6. The van der Waals surface area contributed by atoms with Crippen molar-refractivity contribution in [3.8, 4) is 5.75 Å². The van der Waals surface area contributed by atoms with Crippen LogP contribution in [0.1, 0.15) is 53.6 Å². The van der Waals surface area contributed by atoms with Gasteiger partial charge in [-0.25, -0.2) is 4.99 Å². The van der Waals surface area contributed by atoms with Crippen LogP contribution < -0.4 is 5.32 Å². The second-order valence-electron chi connectivity index (χ2n) is 9.39. The number of fused-ring (bicyclic) bond motifs is 1. The Labute approximate surface area is 220 Å². The summed E-state index contributed by atoms with van der Waals surface area (Å²) in [6, 6.07) is 13.2. The Balaban J connectivity index is 1.74. The molecule has 1 aliphatic rings. The highest BCUT2D eigenvalue weighted by Gasteiger charge is 2.33. The Kier molecular flexibility index (Phi) is 7.31. The largest absolute Gasteiger partial charge is 0.506 e. The third kappa shape index (κ3) is 5.52. The lowest BCUT2D eigenvalue weighted by Crippen LogP contribution is -2.27. The summed E-state index contributed by atoms with van der Waals surface area (Å²) < 4.78 is 1.61. The average molecular weight is 637 g/mol. The van der Waals surface area contributed by atoms with Crippen molar-refractivity contribution < 1.29 is 9.90 Å². The fourth-order valence-corrected chi connectivity index (χ4v) is 6.98. The van der Waals surface area contributed by atoms with Gasteiger partial charge in [0.2, 0.25) is 0 Å². The van der Waals surface area contributed by atoms with Crippen molar-refractivity contribution in [2.75, 3.05) is 5.32 Å². The molecule has 1 atom stereocenters. The molecule has 3 aromatic rings. The van der Waals surface area contributed by atoms with Crippen molar-refractivity contribution in [1.29, 1.82) is 0 Å². The summed E-state index contributed by atoms with van der Waals surface area (Å²) in [5, 5.41) is 14.2. The molecule has 0 spiro atoms. The van der Waals surface area contributed by atoms with Gasteiger partial charge in [0.25, 0.3) is 5.91 Å². The van der Waals surface area contributed by atoms with E-state index in [4.69, 9.17) is 4.99 Å². The Morgan fingerprint density at radius 3 is 2.70 bits per heavy atom. The Morgan fingerprint density at radius 1 is 1.27 bits per heavy atom. The first-order valence-electron chi connectivity index (χ1n) is 10.9. The van der Waals surface area contributed by atoms with E-state index in [-0.39, 0.29) is 17.1 Å². The van der Waals surface area contributed by atoms with Crippen LogP contribution in [0, 0.1) is 14.9 Å². The number of nitrogens with zero attached hydrogens (tertiary/aromatic N) is 1. The number of carbonyl (C=O) groups is 1. The van der Waals surface area contributed by atoms with E-state index in [1.54, 1.807) is 17.6 Å². The zero-order valence-electron chi connectivity index (χ0n) is 18.8. The maximum Gasteiger partial charge on any atom is 0.259 e. The lowest BCUT2D eigenvalue weighted by Gasteiger charge is -2.33. The van der Waals surface area contributed by atoms with Gasteiger partial charge in [-0.1, -0.05) is 54.9 Å². The monoisotopic (exact) mass is 636 g/mol. The summed E-state index contributed by atoms with van der Waals surface area (Å²) in [5.74, 6) is 0.626. The quantitative estimate of drug-likeness (QED) is 0.225. The van der Waals surface area contributed by atoms with Crippen molar-refractivity contribution in [2.45, 2.75) is 40.0 Å². The normalized spacial score (nSPS) is 16.1. The number of halogens is 2. The predicted molar refractivity (Wildman–Crippen MR) is 149 cm³/mol. The van der Waals surface area contributed by atoms with Crippen LogP contribution in [-0.4, -0.2) is 17.2 Å². The third-order valence-corrected chi connectivity index (χ3v) is 8.55. The average Bonchev–Trinajstić information content (AvgIpc) is 3.13. The van der Waals surface area contributed by atoms with E-state index in [1.807, 2.05) is 42.5 Å². The highest BCUT2D eigenvalue weighted by atomic mass is 127. The molecule has 2 N–H and O–H groups in total. The van der Waals surface area contributed by atoms with Crippen LogP contribution in [0.4, 0.5) is 10.7 Å². The minimum Gasteiger partial charge on any atom is -0.506 e. The maximum absolute atomic E-state index is 13.4. The number of carbonyl (C=O) groups excluding carboxylic acids is 1. The molecule has 7 heteroatoms. The van der Waals surface area contributed by atoms with E-state index >= 15 is 0 Å². The van der Waals surface area contributed by atoms with Gasteiger partial charge >= 0.3 is 0 Å². The molecule has 0 saturated carbocycles. The minimum absolute atomic E-state index is 0.131. The standard InChI is InChI=1S/C26H26BrIN2O2S/c1-26(2,3)16-9-10-19-21(12-16)33-25(22(19)24(32)30-18-7-5-4-6-8-18)29-14-15-11-17(27)13-20(28)23(15)31/h4-8,11,13-14,16,31H,9-10,12H2,1-3H3,(H,30,32)/t16-/m1/s1. The SMILES string of the molecule is CC(C)(C)[C@@H]1CCc2c(sc(N=Cc3cc(Br)cc(I)c3O)c2C(=O)Nc2ccccc2)C1. The third-order valence-electron chi connectivity index (χ3n) is 6.11. The number of phenolic OH excluding ortho intramolecular Hbond substituents is 1. The highest BCUT2D eigenvalue weighted by Crippen LogP contribution is 2.45. The van der Waals surface area contributed by atoms with Crippen molar-refractivity contribution in [1.82, 2.24) is 0 Å². The zero-order valence-corrected chi connectivity index (χ0v) is 23.3. The number of benzene rings is 2. The molecule has 1 aliphatic carbocycles. The van der Waals surface area contributed by atoms with Gasteiger partial charge in [0.15, 0.2) is 0 Å². The predicted octanol–water partition coefficient (Wildman–Crippen LogP) is 7.97. The smallest absolute Gasteiger partial charge is 0.259 e. The van der Waals surface area contributed by atoms with Gasteiger partial charge in [-0.2, -0.15) is 0 Å². The number of hydrogen-bond acceptors (Lipinski definition) is 4. The fourth-order valence-electron chi connectivity index (χ4n) is 4.16. The Hall–Kier alpha value is -1.71. The number of nitrogens with one attached hydrogen (secondary N) is 1. The number of anilines is 1. The second kappa shape index (κ2) is 9.88. The molecule has 1 heterocycles. The van der Waals surface area contributed by atoms with Gasteiger partial charge in [-0.05, 0) is 83.0 Å². The number of amides is 1. The van der Waals surface area contributed by atoms with Crippen LogP contribution in [-0.2, 0) is 12.8 Å². The lowest BCUT2D eigenvalue weighted by molar-refractivity contribution is 0.102. The zero-order chi connectivity index (χ0) is 23.8. The van der Waals surface area contributed by atoms with Gasteiger partial charge in [0.1, 0.15) is 10.8 Å². The Bertz CT molecular complexity index is 1220. The van der Waals surface area contributed by atoms with Gasteiger partial charge in [-0.15, -0.1) is 11.3 Å². The molecule has 0 saturated heterocycles. The van der Waals surface area contributed by atoms with Gasteiger partial charge in [-0.3, -0.25) is 4.79 Å². The van der Waals surface area contributed by atoms with Crippen molar-refractivity contribution in [3.05, 3.63) is 72.1 Å². The number of aromatic hydroxyl groups is 1. The molecule has 0 bridgehead atoms. The van der Waals surface area contributed by atoms with E-state index in [0.717, 1.165) is 38.6 Å². The summed E-state index contributed by atoms with van der Waals surface area (Å²) in [7, 11) is 0. The molecular formula is C26H26BrIN2O2S. The maximum atomic E-state index is 13.4. The van der Waals surface area contributed by atoms with Crippen LogP contribution in [0.25, 0.3) is 0 Å². The first kappa shape index (κ1) is 24.4. The van der Waals surface area contributed by atoms with Crippen LogP contribution >= 0.6 is 49.9 Å². The Morgan fingerprint density at radius 2 is 2.00 bits per heavy atom. The molecule has 0 fully saturated rings. The molecule has 2 aromatic carbocycles. The molecule has 0 unspecified atom stereocenters. The fraction of sp³-hybridized carbons (Fsp3) is 0.308. The van der Waals surface area contributed by atoms with Crippen molar-refractivity contribution in [2.24, 2.45) is 16.3 Å². The van der Waals surface area contributed by atoms with Gasteiger partial charge in [0.05, 0.1) is 9.13 Å². The van der Waals surface area contributed by atoms with Gasteiger partial charge < -0.3 is 10.4 Å². The summed E-state index contributed by atoms with van der Waals surface area (Å²) in [4.78, 5) is 19.4. The molecule has 172 valence electrons. The molecule has 1 aromatic heterocycles. The topological polar surface area (TPSA) is 61.7 Å². The molecule has 4 rings (SSSR count). The summed E-state index contributed by atoms with van der Waals surface area (Å²) in [5.41, 5.74) is 3.37. The van der Waals surface area contributed by atoms with E-state index in [0.29, 0.717) is 22.0 Å². The van der Waals surface area contributed by atoms with E-state index < -0.39 is 0 Å². The van der Waals surface area contributed by atoms with E-state index in [1.165, 1.54) is 4.88 Å². The van der Waals surface area contributed by atoms with Crippen molar-refractivity contribution in [3.63, 3.8) is 0 Å². The number of hydrogen-bond donors (Lipinski definition) is 2. The lowest BCUT2D eigenvalue weighted by atomic mass is 9.72. The van der Waals surface area contributed by atoms with Crippen LogP contribution in [0.15, 0.2) is 51.9 Å². The van der Waals surface area contributed by atoms with Crippen LogP contribution in [0.5, 0.6) is 5.75 Å². The number of phenols is 1. The number of rotatable bonds is 4. The molecule has 1 amide bonds. The summed E-state index contributed by atoms with van der Waals surface area (Å²) in [6.45, 7) is 6.86. The van der Waals surface area contributed by atoms with E-state index in [2.05, 4.69) is 64.6 Å². The molecule has 0 aliphatic heterocycles. The van der Waals surface area contributed by atoms with Gasteiger partial charge in [0, 0.05) is 26.8 Å². The van der Waals surface area contributed by atoms with Crippen LogP contribution in [0.3, 0.4) is 0 Å². The molecule has 0 radical (unpaired) electrons. The highest BCUT2D eigenvalue weighted by molar-refractivity contribution is 14.1. The number of aliphatic imine (C=N–C) groups is 1. The molecule has 4 nitrogen and oxygen atoms in total. The second-order valence-corrected chi connectivity index (χ2v) is 12.6. The summed E-state index contributed by atoms with van der Waals surface area (Å²) in [6.07, 6.45) is 4.55. The number of thiophene rings is 1. The molecular weight excluding hydrogens is 611 g/mol. The van der Waals surface area contributed by atoms with E-state index in [9.17, 15) is 9.90 Å².